The second kappa shape index (κ2) is 15.3. The molecule has 228 valence electrons. The molecule has 0 bridgehead atoms. The molecule has 0 aliphatic carbocycles. The van der Waals surface area contributed by atoms with Crippen molar-refractivity contribution in [1.29, 1.82) is 0 Å². The molecule has 1 heterocycles. The molecule has 2 unspecified atom stereocenters. The first kappa shape index (κ1) is 31.7. The van der Waals surface area contributed by atoms with Gasteiger partial charge in [-0.15, -0.1) is 10.8 Å². The number of rotatable bonds is 14. The minimum absolute atomic E-state index is 0.296. The zero-order valence-corrected chi connectivity index (χ0v) is 25.3. The minimum atomic E-state index is -2.95. The molecule has 9 nitrogen and oxygen atoms in total. The molecule has 0 aromatic heterocycles. The van der Waals surface area contributed by atoms with Crippen molar-refractivity contribution in [3.05, 3.63) is 89.5 Å². The fourth-order valence-electron chi connectivity index (χ4n) is 5.23. The summed E-state index contributed by atoms with van der Waals surface area (Å²) in [6, 6.07) is 22.4. The molecular weight excluding hydrogens is 552 g/mol. The van der Waals surface area contributed by atoms with Crippen LogP contribution in [-0.2, 0) is 12.8 Å². The summed E-state index contributed by atoms with van der Waals surface area (Å²) in [5.74, 6) is 0.813. The Morgan fingerprint density at radius 1 is 1.05 bits per heavy atom. The van der Waals surface area contributed by atoms with Crippen LogP contribution in [0.25, 0.3) is 0 Å². The number of nitrogens with zero attached hydrogens (tertiary/aromatic N) is 1. The molecule has 1 fully saturated rings. The van der Waals surface area contributed by atoms with Crippen molar-refractivity contribution >= 4 is 28.1 Å². The van der Waals surface area contributed by atoms with Crippen LogP contribution in [0.4, 0.5) is 11.4 Å². The van der Waals surface area contributed by atoms with Crippen LogP contribution in [0, 0.1) is 0 Å². The molecular formula is C32H44N4O5S. The van der Waals surface area contributed by atoms with Crippen molar-refractivity contribution in [3.63, 3.8) is 0 Å². The lowest BCUT2D eigenvalue weighted by atomic mass is 10.00. The number of benzene rings is 3. The molecule has 0 spiro atoms. The monoisotopic (exact) mass is 596 g/mol. The third kappa shape index (κ3) is 8.62. The van der Waals surface area contributed by atoms with Crippen molar-refractivity contribution in [2.75, 3.05) is 48.7 Å². The SMILES string of the molecule is CCNc1cc(C(=O)NC(Cc2ccccc2)C(O)CNCCc2ccccc2OC)cc(N2CCCCS2(O)O)c1. The van der Waals surface area contributed by atoms with Gasteiger partial charge in [0.2, 0.25) is 0 Å². The van der Waals surface area contributed by atoms with Crippen molar-refractivity contribution in [2.45, 2.75) is 44.8 Å². The van der Waals surface area contributed by atoms with Crippen LogP contribution < -0.4 is 25.0 Å². The van der Waals surface area contributed by atoms with Gasteiger partial charge in [0.05, 0.1) is 30.7 Å². The quantitative estimate of drug-likeness (QED) is 0.145. The van der Waals surface area contributed by atoms with E-state index in [2.05, 4.69) is 16.0 Å². The van der Waals surface area contributed by atoms with E-state index >= 15 is 0 Å². The van der Waals surface area contributed by atoms with Crippen LogP contribution in [0.3, 0.4) is 0 Å². The highest BCUT2D eigenvalue weighted by Gasteiger charge is 2.28. The number of carbonyl (C=O) groups excluding carboxylic acids is 1. The Hall–Kier alpha value is -3.28. The third-order valence-electron chi connectivity index (χ3n) is 7.43. The lowest BCUT2D eigenvalue weighted by Crippen LogP contribution is -2.49. The Labute approximate surface area is 250 Å². The van der Waals surface area contributed by atoms with E-state index in [1.54, 1.807) is 23.5 Å². The fourth-order valence-corrected chi connectivity index (χ4v) is 6.90. The van der Waals surface area contributed by atoms with Gasteiger partial charge >= 0.3 is 0 Å². The molecule has 42 heavy (non-hydrogen) atoms. The number of hydrogen-bond donors (Lipinski definition) is 6. The summed E-state index contributed by atoms with van der Waals surface area (Å²) in [7, 11) is -1.29. The second-order valence-corrected chi connectivity index (χ2v) is 12.7. The van der Waals surface area contributed by atoms with Crippen LogP contribution in [0.2, 0.25) is 0 Å². The van der Waals surface area contributed by atoms with E-state index in [-0.39, 0.29) is 5.91 Å². The highest BCUT2D eigenvalue weighted by atomic mass is 32.3. The van der Waals surface area contributed by atoms with Crippen molar-refractivity contribution in [3.8, 4) is 5.75 Å². The van der Waals surface area contributed by atoms with Gasteiger partial charge in [-0.2, -0.15) is 0 Å². The lowest BCUT2D eigenvalue weighted by molar-refractivity contribution is 0.0831. The summed E-state index contributed by atoms with van der Waals surface area (Å²) in [5.41, 5.74) is 3.78. The van der Waals surface area contributed by atoms with Crippen molar-refractivity contribution in [1.82, 2.24) is 10.6 Å². The molecule has 1 aliphatic rings. The first-order valence-electron chi connectivity index (χ1n) is 14.6. The average Bonchev–Trinajstić information content (AvgIpc) is 2.99. The predicted molar refractivity (Wildman–Crippen MR) is 172 cm³/mol. The van der Waals surface area contributed by atoms with E-state index in [0.29, 0.717) is 49.6 Å². The Bertz CT molecular complexity index is 1290. The molecule has 3 aromatic carbocycles. The van der Waals surface area contributed by atoms with E-state index in [0.717, 1.165) is 41.8 Å². The molecule has 1 amide bonds. The van der Waals surface area contributed by atoms with E-state index < -0.39 is 22.9 Å². The number of aliphatic hydroxyl groups is 1. The molecule has 6 N–H and O–H groups in total. The fraction of sp³-hybridized carbons (Fsp3) is 0.406. The highest BCUT2D eigenvalue weighted by Crippen LogP contribution is 2.50. The molecule has 3 aromatic rings. The number of aliphatic hydroxyl groups excluding tert-OH is 1. The first-order valence-corrected chi connectivity index (χ1v) is 16.3. The molecule has 0 saturated carbocycles. The van der Waals surface area contributed by atoms with Crippen LogP contribution in [0.15, 0.2) is 72.8 Å². The number of amides is 1. The molecule has 1 saturated heterocycles. The topological polar surface area (TPSA) is 126 Å². The Kier molecular flexibility index (Phi) is 11.5. The summed E-state index contributed by atoms with van der Waals surface area (Å²) < 4.78 is 28.5. The highest BCUT2D eigenvalue weighted by molar-refractivity contribution is 8.25. The molecule has 10 heteroatoms. The lowest BCUT2D eigenvalue weighted by Gasteiger charge is -2.47. The Balaban J connectivity index is 1.49. The van der Waals surface area contributed by atoms with Crippen LogP contribution >= 0.6 is 10.8 Å². The summed E-state index contributed by atoms with van der Waals surface area (Å²) in [6.07, 6.45) is 1.94. The third-order valence-corrected chi connectivity index (χ3v) is 9.36. The molecule has 1 aliphatic heterocycles. The number of para-hydroxylation sites is 1. The predicted octanol–water partition coefficient (Wildman–Crippen LogP) is 4.93. The van der Waals surface area contributed by atoms with Crippen LogP contribution in [0.5, 0.6) is 5.75 Å². The van der Waals surface area contributed by atoms with Crippen molar-refractivity contribution < 1.29 is 23.7 Å². The summed E-state index contributed by atoms with van der Waals surface area (Å²) in [5, 5.41) is 20.9. The number of hydrogen-bond acceptors (Lipinski definition) is 8. The Morgan fingerprint density at radius 3 is 2.55 bits per heavy atom. The average molecular weight is 597 g/mol. The van der Waals surface area contributed by atoms with Crippen LogP contribution in [0.1, 0.15) is 41.3 Å². The standard InChI is InChI=1S/C32H44N4O5S/c1-3-34-27-20-26(21-28(22-27)36-17-9-10-18-42(36,39)40)32(38)35-29(19-24-11-5-4-6-12-24)30(37)23-33-16-15-25-13-7-8-14-31(25)41-2/h4-8,11-14,20-22,29-30,33-34,37,39-40H,3,9-10,15-19,23H2,1-2H3,(H,35,38). The first-order chi connectivity index (χ1) is 20.3. The molecule has 2 atom stereocenters. The zero-order valence-electron chi connectivity index (χ0n) is 24.5. The van der Waals surface area contributed by atoms with Gasteiger partial charge in [0, 0.05) is 30.9 Å². The van der Waals surface area contributed by atoms with Crippen LogP contribution in [-0.4, -0.2) is 71.3 Å². The number of carbonyl (C=O) groups is 1. The smallest absolute Gasteiger partial charge is 0.251 e. The van der Waals surface area contributed by atoms with E-state index in [1.807, 2.05) is 67.6 Å². The van der Waals surface area contributed by atoms with Gasteiger partial charge in [-0.25, -0.2) is 0 Å². The summed E-state index contributed by atoms with van der Waals surface area (Å²) in [6.45, 7) is 4.06. The zero-order chi connectivity index (χ0) is 30.0. The number of anilines is 2. The largest absolute Gasteiger partial charge is 0.496 e. The second-order valence-electron chi connectivity index (χ2n) is 10.5. The maximum Gasteiger partial charge on any atom is 0.251 e. The summed E-state index contributed by atoms with van der Waals surface area (Å²) in [4.78, 5) is 13.7. The van der Waals surface area contributed by atoms with Gasteiger partial charge in [-0.05, 0) is 74.5 Å². The minimum Gasteiger partial charge on any atom is -0.496 e. The van der Waals surface area contributed by atoms with E-state index in [1.165, 1.54) is 0 Å². The van der Waals surface area contributed by atoms with E-state index in [4.69, 9.17) is 4.74 Å². The van der Waals surface area contributed by atoms with Gasteiger partial charge < -0.3 is 25.8 Å². The van der Waals surface area contributed by atoms with Gasteiger partial charge in [0.1, 0.15) is 5.75 Å². The number of nitrogens with one attached hydrogen (secondary N) is 3. The molecule has 0 radical (unpaired) electrons. The summed E-state index contributed by atoms with van der Waals surface area (Å²) >= 11 is 0. The van der Waals surface area contributed by atoms with Gasteiger partial charge in [-0.3, -0.25) is 18.2 Å². The van der Waals surface area contributed by atoms with E-state index in [9.17, 15) is 19.0 Å². The van der Waals surface area contributed by atoms with Gasteiger partial charge in [-0.1, -0.05) is 48.5 Å². The van der Waals surface area contributed by atoms with Gasteiger partial charge in [0.15, 0.2) is 0 Å². The maximum atomic E-state index is 13.7. The molecule has 4 rings (SSSR count). The number of ether oxygens (including phenoxy) is 1. The van der Waals surface area contributed by atoms with Crippen molar-refractivity contribution in [2.24, 2.45) is 0 Å². The van der Waals surface area contributed by atoms with Gasteiger partial charge in [0.25, 0.3) is 5.91 Å². The maximum absolute atomic E-state index is 13.7. The normalized spacial score (nSPS) is 16.7. The number of methoxy groups -OCH3 is 1. The Morgan fingerprint density at radius 2 is 1.81 bits per heavy atom.